The minimum atomic E-state index is 0.991. The summed E-state index contributed by atoms with van der Waals surface area (Å²) in [6.45, 7) is 0. The first-order valence-corrected chi connectivity index (χ1v) is 15.2. The van der Waals surface area contributed by atoms with Crippen LogP contribution in [0.1, 0.15) is 0 Å². The highest BCUT2D eigenvalue weighted by molar-refractivity contribution is 7.18. The lowest BCUT2D eigenvalue weighted by Crippen LogP contribution is -1.95. The van der Waals surface area contributed by atoms with E-state index in [4.69, 9.17) is 4.98 Å². The summed E-state index contributed by atoms with van der Waals surface area (Å²) in [5, 5.41) is 6.99. The van der Waals surface area contributed by atoms with Crippen LogP contribution >= 0.6 is 11.3 Å². The van der Waals surface area contributed by atoms with Crippen molar-refractivity contribution in [3.63, 3.8) is 0 Å². The van der Waals surface area contributed by atoms with Crippen molar-refractivity contribution in [1.82, 2.24) is 19.1 Å². The van der Waals surface area contributed by atoms with Crippen LogP contribution in [0.2, 0.25) is 0 Å². The van der Waals surface area contributed by atoms with E-state index in [1.54, 1.807) is 11.3 Å². The number of thiazole rings is 1. The van der Waals surface area contributed by atoms with Gasteiger partial charge in [-0.1, -0.05) is 108 Å². The second-order valence-corrected chi connectivity index (χ2v) is 11.7. The Morgan fingerprint density at radius 3 is 1.72 bits per heavy atom. The van der Waals surface area contributed by atoms with Gasteiger partial charge in [-0.3, -0.25) is 9.55 Å². The Bertz CT molecular complexity index is 2440. The van der Waals surface area contributed by atoms with Crippen molar-refractivity contribution in [2.24, 2.45) is 0 Å². The van der Waals surface area contributed by atoms with Gasteiger partial charge in [0.2, 0.25) is 0 Å². The van der Waals surface area contributed by atoms with E-state index in [1.165, 1.54) is 43.6 Å². The van der Waals surface area contributed by atoms with Crippen molar-refractivity contribution in [2.45, 2.75) is 0 Å². The summed E-state index contributed by atoms with van der Waals surface area (Å²) in [6.07, 6.45) is 3.76. The van der Waals surface area contributed by atoms with E-state index in [2.05, 4.69) is 142 Å². The predicted octanol–water partition coefficient (Wildman–Crippen LogP) is 10.1. The molecule has 5 heteroatoms. The zero-order valence-electron chi connectivity index (χ0n) is 23.1. The SMILES string of the molecule is c1ccc(-c2nc(-c3ccccc3)c(-n3c4ccccc4c4cc5c(cc43)c3ccccc3n5-c3cccnc3)s2)cc1. The molecule has 0 aliphatic rings. The fourth-order valence-electron chi connectivity index (χ4n) is 6.37. The molecule has 0 bridgehead atoms. The monoisotopic (exact) mass is 568 g/mol. The van der Waals surface area contributed by atoms with Gasteiger partial charge in [0.1, 0.15) is 15.7 Å². The largest absolute Gasteiger partial charge is 0.308 e. The number of fused-ring (bicyclic) bond motifs is 6. The molecular formula is C38H24N4S. The van der Waals surface area contributed by atoms with E-state index in [1.807, 2.05) is 18.5 Å². The minimum Gasteiger partial charge on any atom is -0.308 e. The molecule has 9 rings (SSSR count). The molecule has 4 heterocycles. The zero-order valence-corrected chi connectivity index (χ0v) is 23.9. The van der Waals surface area contributed by atoms with E-state index in [-0.39, 0.29) is 0 Å². The molecule has 202 valence electrons. The molecule has 4 aromatic heterocycles. The number of benzene rings is 5. The molecule has 0 aliphatic heterocycles. The predicted molar refractivity (Wildman–Crippen MR) is 179 cm³/mol. The molecule has 0 spiro atoms. The van der Waals surface area contributed by atoms with Crippen LogP contribution in [0, 0.1) is 0 Å². The van der Waals surface area contributed by atoms with Crippen molar-refractivity contribution < 1.29 is 0 Å². The second kappa shape index (κ2) is 9.51. The van der Waals surface area contributed by atoms with Crippen molar-refractivity contribution in [3.8, 4) is 32.5 Å². The Morgan fingerprint density at radius 1 is 0.488 bits per heavy atom. The average molecular weight is 569 g/mol. The molecule has 0 radical (unpaired) electrons. The highest BCUT2D eigenvalue weighted by Crippen LogP contribution is 2.43. The number of pyridine rings is 1. The van der Waals surface area contributed by atoms with Gasteiger partial charge in [0, 0.05) is 38.9 Å². The first kappa shape index (κ1) is 24.1. The Labute approximate surface area is 251 Å². The van der Waals surface area contributed by atoms with Gasteiger partial charge in [-0.25, -0.2) is 4.98 Å². The number of nitrogens with zero attached hydrogens (tertiary/aromatic N) is 4. The lowest BCUT2D eigenvalue weighted by atomic mass is 10.1. The molecule has 4 nitrogen and oxygen atoms in total. The maximum Gasteiger partial charge on any atom is 0.129 e. The van der Waals surface area contributed by atoms with Crippen molar-refractivity contribution in [1.29, 1.82) is 0 Å². The Balaban J connectivity index is 1.42. The summed E-state index contributed by atoms with van der Waals surface area (Å²) in [7, 11) is 0. The first-order valence-electron chi connectivity index (χ1n) is 14.3. The molecule has 0 unspecified atom stereocenters. The van der Waals surface area contributed by atoms with Crippen LogP contribution in [0.25, 0.3) is 76.1 Å². The van der Waals surface area contributed by atoms with Gasteiger partial charge in [0.15, 0.2) is 0 Å². The van der Waals surface area contributed by atoms with E-state index in [0.29, 0.717) is 0 Å². The van der Waals surface area contributed by atoms with Gasteiger partial charge in [-0.2, -0.15) is 0 Å². The number of rotatable bonds is 4. The maximum absolute atomic E-state index is 5.26. The fraction of sp³-hybridized carbons (Fsp3) is 0. The standard InChI is InChI=1S/C38H24N4S/c1-3-12-25(13-4-1)36-38(43-37(40-36)26-14-5-2-6-15-26)42-33-20-10-8-18-29(33)31-22-34-30(23-35(31)42)28-17-7-9-19-32(28)41(34)27-16-11-21-39-24-27/h1-24H. The van der Waals surface area contributed by atoms with Gasteiger partial charge in [-0.05, 0) is 36.4 Å². The van der Waals surface area contributed by atoms with Crippen LogP contribution in [0.4, 0.5) is 0 Å². The third-order valence-electron chi connectivity index (χ3n) is 8.25. The third-order valence-corrected chi connectivity index (χ3v) is 9.34. The van der Waals surface area contributed by atoms with E-state index >= 15 is 0 Å². The molecular weight excluding hydrogens is 545 g/mol. The lowest BCUT2D eigenvalue weighted by Gasteiger charge is -2.09. The molecule has 9 aromatic rings. The third kappa shape index (κ3) is 3.69. The quantitative estimate of drug-likeness (QED) is 0.212. The van der Waals surface area contributed by atoms with Crippen LogP contribution in [0.15, 0.2) is 146 Å². The van der Waals surface area contributed by atoms with Crippen LogP contribution < -0.4 is 0 Å². The summed E-state index contributed by atoms with van der Waals surface area (Å²) < 4.78 is 4.76. The van der Waals surface area contributed by atoms with Gasteiger partial charge >= 0.3 is 0 Å². The van der Waals surface area contributed by atoms with Crippen LogP contribution in [0.5, 0.6) is 0 Å². The molecule has 0 saturated heterocycles. The van der Waals surface area contributed by atoms with Crippen LogP contribution in [-0.4, -0.2) is 19.1 Å². The molecule has 0 saturated carbocycles. The molecule has 0 N–H and O–H groups in total. The lowest BCUT2D eigenvalue weighted by molar-refractivity contribution is 1.14. The number of aromatic nitrogens is 4. The Hall–Kier alpha value is -5.52. The Kier molecular flexibility index (Phi) is 5.33. The van der Waals surface area contributed by atoms with Crippen LogP contribution in [-0.2, 0) is 0 Å². The van der Waals surface area contributed by atoms with Gasteiger partial charge < -0.3 is 4.57 Å². The Morgan fingerprint density at radius 2 is 1.07 bits per heavy atom. The van der Waals surface area contributed by atoms with Crippen molar-refractivity contribution >= 4 is 54.9 Å². The molecule has 43 heavy (non-hydrogen) atoms. The first-order chi connectivity index (χ1) is 21.3. The van der Waals surface area contributed by atoms with E-state index < -0.39 is 0 Å². The molecule has 5 aromatic carbocycles. The highest BCUT2D eigenvalue weighted by atomic mass is 32.1. The van der Waals surface area contributed by atoms with Gasteiger partial charge in [0.25, 0.3) is 0 Å². The highest BCUT2D eigenvalue weighted by Gasteiger charge is 2.22. The van der Waals surface area contributed by atoms with E-state index in [9.17, 15) is 0 Å². The average Bonchev–Trinajstić information content (AvgIpc) is 3.75. The summed E-state index contributed by atoms with van der Waals surface area (Å²) >= 11 is 1.74. The van der Waals surface area contributed by atoms with E-state index in [0.717, 1.165) is 32.5 Å². The van der Waals surface area contributed by atoms with Gasteiger partial charge in [0.05, 0.1) is 34.0 Å². The summed E-state index contributed by atoms with van der Waals surface area (Å²) in [6, 6.07) is 47.3. The number of hydrogen-bond donors (Lipinski definition) is 0. The number of hydrogen-bond acceptors (Lipinski definition) is 3. The topological polar surface area (TPSA) is 35.6 Å². The maximum atomic E-state index is 5.26. The van der Waals surface area contributed by atoms with Gasteiger partial charge in [-0.15, -0.1) is 0 Å². The molecule has 0 atom stereocenters. The second-order valence-electron chi connectivity index (χ2n) is 10.7. The molecule has 0 amide bonds. The fourth-order valence-corrected chi connectivity index (χ4v) is 7.49. The number of para-hydroxylation sites is 2. The smallest absolute Gasteiger partial charge is 0.129 e. The normalized spacial score (nSPS) is 11.7. The minimum absolute atomic E-state index is 0.991. The van der Waals surface area contributed by atoms with Crippen molar-refractivity contribution in [3.05, 3.63) is 146 Å². The van der Waals surface area contributed by atoms with Crippen molar-refractivity contribution in [2.75, 3.05) is 0 Å². The summed E-state index contributed by atoms with van der Waals surface area (Å²) in [5.74, 6) is 0. The zero-order chi connectivity index (χ0) is 28.3. The summed E-state index contributed by atoms with van der Waals surface area (Å²) in [5.41, 5.74) is 8.95. The van der Waals surface area contributed by atoms with Crippen LogP contribution in [0.3, 0.4) is 0 Å². The molecule has 0 fully saturated rings. The molecule has 0 aliphatic carbocycles. The summed E-state index contributed by atoms with van der Waals surface area (Å²) in [4.78, 5) is 9.71.